The Bertz CT molecular complexity index is 1600. The zero-order chi connectivity index (χ0) is 28.6. The van der Waals surface area contributed by atoms with Crippen LogP contribution in [0.1, 0.15) is 24.3 Å². The number of carbonyl (C=O) groups excluding carboxylic acids is 1. The first-order valence-corrected chi connectivity index (χ1v) is 12.2. The van der Waals surface area contributed by atoms with Crippen LogP contribution in [0.25, 0.3) is 16.6 Å². The van der Waals surface area contributed by atoms with Crippen molar-refractivity contribution in [3.8, 4) is 28.7 Å². The minimum atomic E-state index is -0.816. The lowest BCUT2D eigenvalue weighted by Gasteiger charge is -2.13. The van der Waals surface area contributed by atoms with E-state index in [0.29, 0.717) is 40.4 Å². The van der Waals surface area contributed by atoms with Crippen LogP contribution in [0.4, 0.5) is 4.39 Å². The molecule has 0 saturated carbocycles. The zero-order valence-electron chi connectivity index (χ0n) is 22.5. The Morgan fingerprint density at radius 1 is 1.12 bits per heavy atom. The largest absolute Gasteiger partial charge is 0.493 e. The molecule has 1 amide bonds. The summed E-state index contributed by atoms with van der Waals surface area (Å²) in [6, 6.07) is 8.60. The fourth-order valence-corrected chi connectivity index (χ4v) is 3.70. The molecule has 1 N–H and O–H groups in total. The van der Waals surface area contributed by atoms with Crippen LogP contribution in [0, 0.1) is 0 Å². The van der Waals surface area contributed by atoms with E-state index in [-0.39, 0.29) is 22.9 Å². The average Bonchev–Trinajstić information content (AvgIpc) is 3.40. The van der Waals surface area contributed by atoms with E-state index in [1.54, 1.807) is 75.0 Å². The van der Waals surface area contributed by atoms with E-state index in [4.69, 9.17) is 18.9 Å². The molecule has 4 rings (SSSR count). The molecule has 0 aliphatic carbocycles. The highest BCUT2D eigenvalue weighted by Crippen LogP contribution is 2.36. The van der Waals surface area contributed by atoms with Crippen molar-refractivity contribution in [1.29, 1.82) is 0 Å². The smallest absolute Gasteiger partial charge is 0.280 e. The molecule has 0 saturated heterocycles. The minimum absolute atomic E-state index is 0.0326. The summed E-state index contributed by atoms with van der Waals surface area (Å²) in [7, 11) is 3.06. The second-order valence-corrected chi connectivity index (χ2v) is 8.18. The second-order valence-electron chi connectivity index (χ2n) is 8.18. The molecule has 0 unspecified atom stereocenters. The minimum Gasteiger partial charge on any atom is -0.493 e. The van der Waals surface area contributed by atoms with Crippen molar-refractivity contribution in [1.82, 2.24) is 25.1 Å². The van der Waals surface area contributed by atoms with Gasteiger partial charge in [-0.3, -0.25) is 14.8 Å². The molecular weight excluding hydrogens is 517 g/mol. The van der Waals surface area contributed by atoms with Crippen molar-refractivity contribution in [3.63, 3.8) is 0 Å². The third-order valence-corrected chi connectivity index (χ3v) is 5.65. The van der Waals surface area contributed by atoms with Gasteiger partial charge in [-0.2, -0.15) is 5.10 Å². The summed E-state index contributed by atoms with van der Waals surface area (Å²) >= 11 is 0. The second kappa shape index (κ2) is 12.6. The Morgan fingerprint density at radius 3 is 2.58 bits per heavy atom. The summed E-state index contributed by atoms with van der Waals surface area (Å²) in [5, 5.41) is 7.37. The maximum atomic E-state index is 15.2. The number of carbonyl (C=O) groups is 1. The number of ether oxygens (including phenoxy) is 4. The van der Waals surface area contributed by atoms with Gasteiger partial charge in [-0.05, 0) is 44.2 Å². The Labute approximate surface area is 230 Å². The van der Waals surface area contributed by atoms with Gasteiger partial charge in [0.1, 0.15) is 17.3 Å². The van der Waals surface area contributed by atoms with Crippen LogP contribution in [0.2, 0.25) is 0 Å². The van der Waals surface area contributed by atoms with E-state index in [1.807, 2.05) is 0 Å². The fraction of sp³-hybridized carbons (Fsp3) is 0.172. The van der Waals surface area contributed by atoms with Gasteiger partial charge in [0.15, 0.2) is 22.9 Å². The van der Waals surface area contributed by atoms with Crippen molar-refractivity contribution in [2.45, 2.75) is 13.8 Å². The monoisotopic (exact) mass is 545 g/mol. The molecule has 0 atom stereocenters. The number of benzene rings is 1. The summed E-state index contributed by atoms with van der Waals surface area (Å²) in [5.41, 5.74) is 0.914. The number of aromatic nitrogens is 4. The lowest BCUT2D eigenvalue weighted by Crippen LogP contribution is -2.24. The van der Waals surface area contributed by atoms with Crippen molar-refractivity contribution in [2.75, 3.05) is 20.8 Å². The van der Waals surface area contributed by atoms with Gasteiger partial charge in [-0.1, -0.05) is 6.58 Å². The molecule has 0 fully saturated rings. The molecule has 3 heterocycles. The standard InChI is InChI=1S/C29H28FN5O5/c1-6-20(40-24-10-12-32-23-15-26(38-5)25(37-4)14-21(23)24)13-22(30)18(3)33-29(36)28-27(39-7-2)17-35(34-28)19-9-8-11-31-16-19/h6,8-17H,3,7H2,1-2,4-5H3,(H,33,36)/b20-6+,22-13+. The Hall–Kier alpha value is -5.19. The third-order valence-electron chi connectivity index (χ3n) is 5.65. The topological polar surface area (TPSA) is 110 Å². The van der Waals surface area contributed by atoms with Crippen molar-refractivity contribution >= 4 is 16.8 Å². The quantitative estimate of drug-likeness (QED) is 0.199. The number of halogens is 1. The predicted molar refractivity (Wildman–Crippen MR) is 148 cm³/mol. The van der Waals surface area contributed by atoms with Crippen molar-refractivity contribution in [2.24, 2.45) is 0 Å². The number of rotatable bonds is 11. The van der Waals surface area contributed by atoms with Gasteiger partial charge in [0, 0.05) is 29.9 Å². The molecule has 11 heteroatoms. The Balaban J connectivity index is 1.53. The average molecular weight is 546 g/mol. The van der Waals surface area contributed by atoms with Gasteiger partial charge in [0.2, 0.25) is 0 Å². The summed E-state index contributed by atoms with van der Waals surface area (Å²) in [5.74, 6) is 0.320. The molecule has 3 aromatic heterocycles. The molecule has 0 aliphatic heterocycles. The summed E-state index contributed by atoms with van der Waals surface area (Å²) < 4.78 is 38.9. The molecule has 40 heavy (non-hydrogen) atoms. The normalized spacial score (nSPS) is 11.7. The van der Waals surface area contributed by atoms with E-state index in [2.05, 4.69) is 27.0 Å². The van der Waals surface area contributed by atoms with Crippen LogP contribution in [-0.4, -0.2) is 46.5 Å². The molecule has 0 bridgehead atoms. The fourth-order valence-electron chi connectivity index (χ4n) is 3.70. The van der Waals surface area contributed by atoms with Gasteiger partial charge in [0.05, 0.1) is 50.1 Å². The number of pyridine rings is 2. The number of fused-ring (bicyclic) bond motifs is 1. The van der Waals surface area contributed by atoms with Crippen molar-refractivity contribution in [3.05, 3.63) is 96.8 Å². The SMILES string of the molecule is C=C(NC(=O)c1nn(-c2cccnc2)cc1OCC)/C(F)=C\C(=C/C)Oc1ccnc2cc(OC)c(OC)cc12. The third kappa shape index (κ3) is 6.09. The number of allylic oxidation sites excluding steroid dienone is 3. The number of nitrogens with zero attached hydrogens (tertiary/aromatic N) is 4. The molecule has 206 valence electrons. The molecule has 1 aromatic carbocycles. The molecule has 0 spiro atoms. The molecular formula is C29H28FN5O5. The zero-order valence-corrected chi connectivity index (χ0v) is 22.5. The highest BCUT2D eigenvalue weighted by Gasteiger charge is 2.21. The summed E-state index contributed by atoms with van der Waals surface area (Å²) in [6.45, 7) is 7.43. The van der Waals surface area contributed by atoms with Crippen LogP contribution in [0.3, 0.4) is 0 Å². The van der Waals surface area contributed by atoms with Crippen LogP contribution in [0.5, 0.6) is 23.0 Å². The van der Waals surface area contributed by atoms with E-state index in [1.165, 1.54) is 18.9 Å². The summed E-state index contributed by atoms with van der Waals surface area (Å²) in [4.78, 5) is 21.4. The number of nitrogens with one attached hydrogen (secondary N) is 1. The van der Waals surface area contributed by atoms with Crippen LogP contribution in [-0.2, 0) is 0 Å². The maximum Gasteiger partial charge on any atom is 0.280 e. The van der Waals surface area contributed by atoms with Gasteiger partial charge in [-0.15, -0.1) is 0 Å². The van der Waals surface area contributed by atoms with Gasteiger partial charge >= 0.3 is 0 Å². The highest BCUT2D eigenvalue weighted by atomic mass is 19.1. The maximum absolute atomic E-state index is 15.2. The summed E-state index contributed by atoms with van der Waals surface area (Å²) in [6.07, 6.45) is 9.02. The number of hydrogen-bond acceptors (Lipinski definition) is 8. The first-order valence-electron chi connectivity index (χ1n) is 12.2. The van der Waals surface area contributed by atoms with E-state index in [9.17, 15) is 4.79 Å². The van der Waals surface area contributed by atoms with Crippen molar-refractivity contribution < 1.29 is 28.1 Å². The van der Waals surface area contributed by atoms with Gasteiger partial charge in [-0.25, -0.2) is 9.07 Å². The Morgan fingerprint density at radius 2 is 1.90 bits per heavy atom. The predicted octanol–water partition coefficient (Wildman–Crippen LogP) is 5.31. The number of hydrogen-bond donors (Lipinski definition) is 1. The highest BCUT2D eigenvalue weighted by molar-refractivity contribution is 5.96. The lowest BCUT2D eigenvalue weighted by molar-refractivity contribution is 0.0956. The first-order chi connectivity index (χ1) is 19.4. The first kappa shape index (κ1) is 27.8. The number of methoxy groups -OCH3 is 2. The molecule has 10 nitrogen and oxygen atoms in total. The Kier molecular flexibility index (Phi) is 8.75. The lowest BCUT2D eigenvalue weighted by atomic mass is 10.2. The van der Waals surface area contributed by atoms with E-state index >= 15 is 4.39 Å². The number of amides is 1. The van der Waals surface area contributed by atoms with Gasteiger partial charge < -0.3 is 24.3 Å². The molecule has 0 aliphatic rings. The van der Waals surface area contributed by atoms with E-state index in [0.717, 1.165) is 6.08 Å². The van der Waals surface area contributed by atoms with Crippen LogP contribution in [0.15, 0.2) is 91.1 Å². The molecule has 4 aromatic rings. The molecule has 0 radical (unpaired) electrons. The van der Waals surface area contributed by atoms with Gasteiger partial charge in [0.25, 0.3) is 5.91 Å². The van der Waals surface area contributed by atoms with Crippen LogP contribution < -0.4 is 24.3 Å². The van der Waals surface area contributed by atoms with E-state index < -0.39 is 11.7 Å². The van der Waals surface area contributed by atoms with Crippen LogP contribution >= 0.6 is 0 Å².